The van der Waals surface area contributed by atoms with E-state index in [9.17, 15) is 13.2 Å². The highest BCUT2D eigenvalue weighted by atomic mass is 19.4. The van der Waals surface area contributed by atoms with Crippen LogP contribution in [0.5, 0.6) is 11.5 Å². The van der Waals surface area contributed by atoms with Crippen molar-refractivity contribution in [3.8, 4) is 11.5 Å². The van der Waals surface area contributed by atoms with Crippen molar-refractivity contribution < 1.29 is 22.6 Å². The average Bonchev–Trinajstić information content (AvgIpc) is 2.74. The predicted molar refractivity (Wildman–Crippen MR) is 113 cm³/mol. The molecule has 31 heavy (non-hydrogen) atoms. The normalized spacial score (nSPS) is 11.1. The summed E-state index contributed by atoms with van der Waals surface area (Å²) in [6.07, 6.45) is -1.99. The molecule has 2 N–H and O–H groups in total. The van der Waals surface area contributed by atoms with E-state index >= 15 is 0 Å². The van der Waals surface area contributed by atoms with E-state index in [2.05, 4.69) is 20.6 Å². The summed E-state index contributed by atoms with van der Waals surface area (Å²) in [5.74, 6) is 0.889. The second kappa shape index (κ2) is 10.0. The van der Waals surface area contributed by atoms with Gasteiger partial charge in [0, 0.05) is 23.6 Å². The fourth-order valence-corrected chi connectivity index (χ4v) is 2.68. The van der Waals surface area contributed by atoms with E-state index in [-0.39, 0.29) is 11.8 Å². The lowest BCUT2D eigenvalue weighted by Gasteiger charge is -2.15. The van der Waals surface area contributed by atoms with Gasteiger partial charge in [-0.2, -0.15) is 18.2 Å². The number of alkyl halides is 3. The van der Waals surface area contributed by atoms with Gasteiger partial charge in [-0.05, 0) is 42.8 Å². The van der Waals surface area contributed by atoms with E-state index < -0.39 is 11.7 Å². The van der Waals surface area contributed by atoms with E-state index in [1.54, 1.807) is 55.6 Å². The number of benzene rings is 2. The van der Waals surface area contributed by atoms with Crippen molar-refractivity contribution in [2.75, 3.05) is 24.4 Å². The van der Waals surface area contributed by atoms with Crippen LogP contribution in [0.1, 0.15) is 25.3 Å². The molecule has 0 amide bonds. The Morgan fingerprint density at radius 2 is 1.74 bits per heavy atom. The van der Waals surface area contributed by atoms with Crippen LogP contribution in [-0.4, -0.2) is 23.7 Å². The van der Waals surface area contributed by atoms with Crippen LogP contribution >= 0.6 is 0 Å². The summed E-state index contributed by atoms with van der Waals surface area (Å²) in [7, 11) is 1.54. The summed E-state index contributed by atoms with van der Waals surface area (Å²) < 4.78 is 51.2. The average molecular weight is 432 g/mol. The van der Waals surface area contributed by atoms with E-state index in [1.807, 2.05) is 6.92 Å². The molecular weight excluding hydrogens is 409 g/mol. The van der Waals surface area contributed by atoms with E-state index in [1.165, 1.54) is 0 Å². The minimum absolute atomic E-state index is 0.0241. The quantitative estimate of drug-likeness (QED) is 0.394. The molecule has 0 aliphatic carbocycles. The molecule has 0 aliphatic rings. The molecule has 3 rings (SSSR count). The van der Waals surface area contributed by atoms with E-state index in [0.717, 1.165) is 19.0 Å². The van der Waals surface area contributed by atoms with Gasteiger partial charge in [-0.15, -0.1) is 0 Å². The zero-order valence-electron chi connectivity index (χ0n) is 17.2. The van der Waals surface area contributed by atoms with Gasteiger partial charge in [0.25, 0.3) is 0 Å². The molecule has 6 nitrogen and oxygen atoms in total. The maximum absolute atomic E-state index is 13.5. The lowest BCUT2D eigenvalue weighted by Crippen LogP contribution is -2.12. The highest BCUT2D eigenvalue weighted by molar-refractivity contribution is 5.64. The summed E-state index contributed by atoms with van der Waals surface area (Å²) in [6.45, 7) is 2.59. The number of hydrogen-bond donors (Lipinski definition) is 2. The van der Waals surface area contributed by atoms with Crippen LogP contribution in [0.15, 0.2) is 54.7 Å². The second-order valence-corrected chi connectivity index (χ2v) is 6.66. The zero-order valence-corrected chi connectivity index (χ0v) is 17.2. The number of nitrogens with zero attached hydrogens (tertiary/aromatic N) is 2. The predicted octanol–water partition coefficient (Wildman–Crippen LogP) is 6.17. The van der Waals surface area contributed by atoms with Crippen molar-refractivity contribution in [1.29, 1.82) is 0 Å². The van der Waals surface area contributed by atoms with Crippen LogP contribution < -0.4 is 20.1 Å². The Labute approximate surface area is 178 Å². The Kier molecular flexibility index (Phi) is 7.17. The Morgan fingerprint density at radius 1 is 0.968 bits per heavy atom. The fourth-order valence-electron chi connectivity index (χ4n) is 2.68. The van der Waals surface area contributed by atoms with Crippen molar-refractivity contribution in [3.63, 3.8) is 0 Å². The van der Waals surface area contributed by atoms with E-state index in [4.69, 9.17) is 9.47 Å². The summed E-state index contributed by atoms with van der Waals surface area (Å²) in [4.78, 5) is 7.87. The number of anilines is 4. The first kappa shape index (κ1) is 22.2. The Morgan fingerprint density at radius 3 is 2.42 bits per heavy atom. The number of rotatable bonds is 9. The molecular formula is C22H23F3N4O2. The van der Waals surface area contributed by atoms with Crippen molar-refractivity contribution in [3.05, 3.63) is 60.3 Å². The molecule has 0 fully saturated rings. The van der Waals surface area contributed by atoms with Gasteiger partial charge in [0.2, 0.25) is 5.95 Å². The molecule has 0 bridgehead atoms. The number of ether oxygens (including phenoxy) is 2. The molecule has 2 aromatic carbocycles. The van der Waals surface area contributed by atoms with Crippen molar-refractivity contribution >= 4 is 23.1 Å². The highest BCUT2D eigenvalue weighted by Gasteiger charge is 2.35. The lowest BCUT2D eigenvalue weighted by atomic mass is 10.2. The molecule has 0 spiro atoms. The molecule has 0 aliphatic heterocycles. The van der Waals surface area contributed by atoms with Crippen LogP contribution in [0.2, 0.25) is 0 Å². The van der Waals surface area contributed by atoms with Gasteiger partial charge in [0.15, 0.2) is 0 Å². The topological polar surface area (TPSA) is 68.3 Å². The summed E-state index contributed by atoms with van der Waals surface area (Å²) in [6, 6.07) is 13.6. The molecule has 0 saturated carbocycles. The fraction of sp³-hybridized carbons (Fsp3) is 0.273. The third-order valence-electron chi connectivity index (χ3n) is 4.30. The molecule has 3 aromatic rings. The standard InChI is InChI=1S/C22H23F3N4O2/c1-3-4-12-31-18-7-5-6-16(13-18)27-20-19(22(23,24)25)14-26-21(29-20)28-15-8-10-17(30-2)11-9-15/h5-11,13-14H,3-4,12H2,1-2H3,(H2,26,27,28,29). The summed E-state index contributed by atoms with van der Waals surface area (Å²) in [5.41, 5.74) is 0.0662. The first-order chi connectivity index (χ1) is 14.9. The Hall–Kier alpha value is -3.49. The van der Waals surface area contributed by atoms with E-state index in [0.29, 0.717) is 29.5 Å². The molecule has 164 valence electrons. The van der Waals surface area contributed by atoms with Gasteiger partial charge >= 0.3 is 6.18 Å². The SMILES string of the molecule is CCCCOc1cccc(Nc2nc(Nc3ccc(OC)cc3)ncc2C(F)(F)F)c1. The van der Waals surface area contributed by atoms with Gasteiger partial charge < -0.3 is 20.1 Å². The lowest BCUT2D eigenvalue weighted by molar-refractivity contribution is -0.137. The first-order valence-corrected chi connectivity index (χ1v) is 9.74. The van der Waals surface area contributed by atoms with Crippen LogP contribution in [-0.2, 0) is 6.18 Å². The molecule has 0 atom stereocenters. The third kappa shape index (κ3) is 6.24. The first-order valence-electron chi connectivity index (χ1n) is 9.74. The molecule has 0 radical (unpaired) electrons. The monoisotopic (exact) mass is 432 g/mol. The smallest absolute Gasteiger partial charge is 0.421 e. The van der Waals surface area contributed by atoms with Crippen LogP contribution in [0.3, 0.4) is 0 Å². The molecule has 0 saturated heterocycles. The molecule has 0 unspecified atom stereocenters. The van der Waals surface area contributed by atoms with Gasteiger partial charge in [0.1, 0.15) is 22.9 Å². The maximum atomic E-state index is 13.5. The van der Waals surface area contributed by atoms with Crippen LogP contribution in [0.4, 0.5) is 36.3 Å². The summed E-state index contributed by atoms with van der Waals surface area (Å²) in [5, 5.41) is 5.64. The molecule has 1 aromatic heterocycles. The number of unbranched alkanes of at least 4 members (excludes halogenated alkanes) is 1. The summed E-state index contributed by atoms with van der Waals surface area (Å²) >= 11 is 0. The number of methoxy groups -OCH3 is 1. The van der Waals surface area contributed by atoms with Crippen molar-refractivity contribution in [1.82, 2.24) is 9.97 Å². The largest absolute Gasteiger partial charge is 0.497 e. The van der Waals surface area contributed by atoms with Crippen molar-refractivity contribution in [2.45, 2.75) is 25.9 Å². The number of nitrogens with one attached hydrogen (secondary N) is 2. The van der Waals surface area contributed by atoms with Crippen LogP contribution in [0, 0.1) is 0 Å². The highest BCUT2D eigenvalue weighted by Crippen LogP contribution is 2.35. The maximum Gasteiger partial charge on any atom is 0.421 e. The number of halogens is 3. The zero-order chi connectivity index (χ0) is 22.3. The second-order valence-electron chi connectivity index (χ2n) is 6.66. The third-order valence-corrected chi connectivity index (χ3v) is 4.30. The van der Waals surface area contributed by atoms with Crippen LogP contribution in [0.25, 0.3) is 0 Å². The number of aromatic nitrogens is 2. The number of hydrogen-bond acceptors (Lipinski definition) is 6. The van der Waals surface area contributed by atoms with Crippen molar-refractivity contribution in [2.24, 2.45) is 0 Å². The molecule has 9 heteroatoms. The van der Waals surface area contributed by atoms with Gasteiger partial charge in [0.05, 0.1) is 13.7 Å². The Bertz CT molecular complexity index is 995. The minimum atomic E-state index is -4.61. The van der Waals surface area contributed by atoms with Gasteiger partial charge in [-0.3, -0.25) is 0 Å². The molecule has 1 heterocycles. The van der Waals surface area contributed by atoms with Gasteiger partial charge in [-0.1, -0.05) is 19.4 Å². The Balaban J connectivity index is 1.84. The minimum Gasteiger partial charge on any atom is -0.497 e. The van der Waals surface area contributed by atoms with Gasteiger partial charge in [-0.25, -0.2) is 4.98 Å².